The smallest absolute Gasteiger partial charge is 0.410 e. The highest BCUT2D eigenvalue weighted by Gasteiger charge is 2.61. The number of rotatable bonds is 6. The molecule has 0 bridgehead atoms. The SMILES string of the molecule is CC(C)C(NC(=O)OC(C)(C)C)C(=O)N[C@H]1CCCCC/C=C\[C@@H]2C[C@@]2(C(=O)O)NC(=O)[C@@H]2C[C@@H](OC(=O)N3CCc4ccccc4C3)CN2C1=O. The number of carboxylic acids is 1. The fraction of sp³-hybridized carbons (Fsp3) is 0.632. The lowest BCUT2D eigenvalue weighted by molar-refractivity contribution is -0.146. The summed E-state index contributed by atoms with van der Waals surface area (Å²) < 4.78 is 11.3. The van der Waals surface area contributed by atoms with E-state index in [4.69, 9.17) is 9.47 Å². The highest BCUT2D eigenvalue weighted by molar-refractivity contribution is 5.97. The maximum atomic E-state index is 14.5. The molecule has 52 heavy (non-hydrogen) atoms. The molecule has 284 valence electrons. The fourth-order valence-electron chi connectivity index (χ4n) is 7.25. The van der Waals surface area contributed by atoms with Gasteiger partial charge in [0.25, 0.3) is 0 Å². The van der Waals surface area contributed by atoms with Crippen LogP contribution in [-0.2, 0) is 41.6 Å². The lowest BCUT2D eigenvalue weighted by Crippen LogP contribution is -2.59. The number of nitrogens with one attached hydrogen (secondary N) is 3. The second-order valence-electron chi connectivity index (χ2n) is 15.8. The van der Waals surface area contributed by atoms with Gasteiger partial charge in [-0.05, 0) is 69.9 Å². The Morgan fingerprint density at radius 3 is 2.48 bits per heavy atom. The zero-order valence-electron chi connectivity index (χ0n) is 30.8. The lowest BCUT2D eigenvalue weighted by atomic mass is 10.0. The van der Waals surface area contributed by atoms with E-state index in [1.165, 1.54) is 4.90 Å². The predicted octanol–water partition coefficient (Wildman–Crippen LogP) is 3.66. The molecule has 1 aromatic carbocycles. The van der Waals surface area contributed by atoms with Gasteiger partial charge in [-0.2, -0.15) is 0 Å². The molecule has 1 saturated heterocycles. The van der Waals surface area contributed by atoms with Crippen molar-refractivity contribution in [1.29, 1.82) is 0 Å². The van der Waals surface area contributed by atoms with Crippen molar-refractivity contribution in [2.45, 2.75) is 128 Å². The van der Waals surface area contributed by atoms with Crippen molar-refractivity contribution in [1.82, 2.24) is 25.8 Å². The van der Waals surface area contributed by atoms with Crippen LogP contribution in [0.5, 0.6) is 0 Å². The topological polar surface area (TPSA) is 184 Å². The number of allylic oxidation sites excluding steroid dienone is 1. The van der Waals surface area contributed by atoms with Crippen LogP contribution < -0.4 is 16.0 Å². The monoisotopic (exact) mass is 723 g/mol. The van der Waals surface area contributed by atoms with E-state index in [2.05, 4.69) is 16.0 Å². The van der Waals surface area contributed by atoms with Crippen LogP contribution in [0.2, 0.25) is 0 Å². The third kappa shape index (κ3) is 9.23. The molecule has 0 aromatic heterocycles. The number of carboxylic acid groups (broad SMARTS) is 1. The number of hydrogen-bond donors (Lipinski definition) is 4. The summed E-state index contributed by atoms with van der Waals surface area (Å²) in [5, 5.41) is 18.3. The van der Waals surface area contributed by atoms with Crippen molar-refractivity contribution in [2.75, 3.05) is 13.1 Å². The van der Waals surface area contributed by atoms with Crippen LogP contribution in [0.4, 0.5) is 9.59 Å². The zero-order chi connectivity index (χ0) is 37.8. The van der Waals surface area contributed by atoms with E-state index in [9.17, 15) is 33.9 Å². The van der Waals surface area contributed by atoms with Crippen LogP contribution in [0.15, 0.2) is 36.4 Å². The molecular weight excluding hydrogens is 670 g/mol. The second-order valence-corrected chi connectivity index (χ2v) is 15.8. The average Bonchev–Trinajstić information content (AvgIpc) is 3.61. The molecule has 0 radical (unpaired) electrons. The molecule has 5 rings (SSSR count). The minimum atomic E-state index is -1.50. The Morgan fingerprint density at radius 2 is 1.79 bits per heavy atom. The van der Waals surface area contributed by atoms with Gasteiger partial charge in [-0.3, -0.25) is 14.4 Å². The number of alkyl carbamates (subject to hydrolysis) is 1. The van der Waals surface area contributed by atoms with Crippen molar-refractivity contribution in [3.63, 3.8) is 0 Å². The number of amides is 5. The van der Waals surface area contributed by atoms with E-state index in [0.717, 1.165) is 24.0 Å². The van der Waals surface area contributed by atoms with E-state index < -0.39 is 77.2 Å². The quantitative estimate of drug-likeness (QED) is 0.318. The number of aliphatic carboxylic acids is 1. The van der Waals surface area contributed by atoms with Crippen molar-refractivity contribution < 1.29 is 43.3 Å². The third-order valence-corrected chi connectivity index (χ3v) is 10.2. The molecule has 4 aliphatic rings. The van der Waals surface area contributed by atoms with E-state index in [1.807, 2.05) is 36.4 Å². The fourth-order valence-corrected chi connectivity index (χ4v) is 7.25. The Morgan fingerprint density at radius 1 is 1.06 bits per heavy atom. The van der Waals surface area contributed by atoms with E-state index in [-0.39, 0.29) is 31.7 Å². The summed E-state index contributed by atoms with van der Waals surface area (Å²) in [5.74, 6) is -3.71. The number of fused-ring (bicyclic) bond motifs is 3. The summed E-state index contributed by atoms with van der Waals surface area (Å²) in [6, 6.07) is 4.62. The van der Waals surface area contributed by atoms with E-state index in [1.54, 1.807) is 39.5 Å². The molecule has 1 saturated carbocycles. The Labute approximate surface area is 305 Å². The van der Waals surface area contributed by atoms with Crippen LogP contribution in [0.3, 0.4) is 0 Å². The Hall–Kier alpha value is -4.62. The van der Waals surface area contributed by atoms with Gasteiger partial charge in [0.05, 0.1) is 6.54 Å². The van der Waals surface area contributed by atoms with Gasteiger partial charge in [0.2, 0.25) is 17.7 Å². The summed E-state index contributed by atoms with van der Waals surface area (Å²) >= 11 is 0. The molecule has 14 nitrogen and oxygen atoms in total. The highest BCUT2D eigenvalue weighted by atomic mass is 16.6. The first-order valence-corrected chi connectivity index (χ1v) is 18.4. The molecule has 5 amide bonds. The van der Waals surface area contributed by atoms with Crippen LogP contribution >= 0.6 is 0 Å². The zero-order valence-corrected chi connectivity index (χ0v) is 30.8. The summed E-state index contributed by atoms with van der Waals surface area (Å²) in [6.07, 6.45) is 5.48. The standard InChI is InChI=1S/C38H53N5O9/c1-23(2)30(40-35(49)52-37(3,4)5)32(45)39-28-16-10-8-6-7-9-15-26-20-38(26,34(47)48)41-31(44)29-19-27(22-43(29)33(28)46)51-36(50)42-18-17-24-13-11-12-14-25(24)21-42/h9,11-15,23,26-30H,6-8,10,16-22H2,1-5H3,(H,39,45)(H,40,49)(H,41,44)(H,47,48)/b15-9-/t26-,27-,28+,29+,30?,38-/m1/s1. The minimum absolute atomic E-state index is 0.0422. The number of carbonyl (C=O) groups is 6. The Bertz CT molecular complexity index is 1570. The van der Waals surface area contributed by atoms with Crippen molar-refractivity contribution in [3.05, 3.63) is 47.5 Å². The minimum Gasteiger partial charge on any atom is -0.479 e. The van der Waals surface area contributed by atoms with Gasteiger partial charge < -0.3 is 40.3 Å². The van der Waals surface area contributed by atoms with Crippen LogP contribution in [0.25, 0.3) is 0 Å². The second kappa shape index (κ2) is 16.0. The van der Waals surface area contributed by atoms with E-state index >= 15 is 0 Å². The summed E-state index contributed by atoms with van der Waals surface area (Å²) in [5.41, 5.74) is -0.106. The van der Waals surface area contributed by atoms with Gasteiger partial charge >= 0.3 is 18.2 Å². The number of nitrogens with zero attached hydrogens (tertiary/aromatic N) is 2. The van der Waals surface area contributed by atoms with Gasteiger partial charge in [0, 0.05) is 25.4 Å². The molecule has 6 atom stereocenters. The van der Waals surface area contributed by atoms with Gasteiger partial charge in [0.1, 0.15) is 35.4 Å². The van der Waals surface area contributed by atoms with Crippen LogP contribution in [-0.4, -0.2) is 99.2 Å². The molecule has 3 aliphatic heterocycles. The van der Waals surface area contributed by atoms with Crippen LogP contribution in [0, 0.1) is 11.8 Å². The molecule has 1 aromatic rings. The van der Waals surface area contributed by atoms with E-state index in [0.29, 0.717) is 32.4 Å². The summed E-state index contributed by atoms with van der Waals surface area (Å²) in [4.78, 5) is 83.6. The van der Waals surface area contributed by atoms with Crippen molar-refractivity contribution in [3.8, 4) is 0 Å². The third-order valence-electron chi connectivity index (χ3n) is 10.2. The normalized spacial score (nSPS) is 27.7. The van der Waals surface area contributed by atoms with Gasteiger partial charge in [0.15, 0.2) is 0 Å². The molecular formula is C38H53N5O9. The predicted molar refractivity (Wildman–Crippen MR) is 190 cm³/mol. The van der Waals surface area contributed by atoms with Crippen LogP contribution in [0.1, 0.15) is 90.7 Å². The number of carbonyl (C=O) groups excluding carboxylic acids is 5. The molecule has 1 unspecified atom stereocenters. The Balaban J connectivity index is 1.38. The summed E-state index contributed by atoms with van der Waals surface area (Å²) in [6.45, 7) is 9.36. The number of hydrogen-bond acceptors (Lipinski definition) is 8. The summed E-state index contributed by atoms with van der Waals surface area (Å²) in [7, 11) is 0. The molecule has 14 heteroatoms. The van der Waals surface area contributed by atoms with Gasteiger partial charge in [-0.15, -0.1) is 0 Å². The van der Waals surface area contributed by atoms with Crippen molar-refractivity contribution >= 4 is 35.9 Å². The average molecular weight is 724 g/mol. The van der Waals surface area contributed by atoms with Gasteiger partial charge in [-0.25, -0.2) is 14.4 Å². The first-order valence-electron chi connectivity index (χ1n) is 18.4. The molecule has 3 heterocycles. The van der Waals surface area contributed by atoms with Gasteiger partial charge in [-0.1, -0.05) is 63.1 Å². The number of benzene rings is 1. The molecule has 2 fully saturated rings. The van der Waals surface area contributed by atoms with Crippen molar-refractivity contribution in [2.24, 2.45) is 11.8 Å². The maximum Gasteiger partial charge on any atom is 0.410 e. The first kappa shape index (κ1) is 38.6. The number of ether oxygens (including phenoxy) is 2. The first-order chi connectivity index (χ1) is 24.6. The molecule has 4 N–H and O–H groups in total. The highest BCUT2D eigenvalue weighted by Crippen LogP contribution is 2.45. The maximum absolute atomic E-state index is 14.5. The lowest BCUT2D eigenvalue weighted by Gasteiger charge is -2.31. The molecule has 0 spiro atoms. The Kier molecular flexibility index (Phi) is 11.8. The molecule has 1 aliphatic carbocycles. The largest absolute Gasteiger partial charge is 0.479 e.